The van der Waals surface area contributed by atoms with Crippen molar-refractivity contribution in [1.29, 1.82) is 5.26 Å². The Bertz CT molecular complexity index is 1280. The Kier molecular flexibility index (Phi) is 6.37. The lowest BCUT2D eigenvalue weighted by atomic mass is 10.1. The van der Waals surface area contributed by atoms with Crippen LogP contribution in [0.3, 0.4) is 0 Å². The van der Waals surface area contributed by atoms with Crippen LogP contribution in [0.25, 0.3) is 5.69 Å². The summed E-state index contributed by atoms with van der Waals surface area (Å²) in [7, 11) is 0. The number of thiophene rings is 1. The molecule has 0 saturated carbocycles. The predicted molar refractivity (Wildman–Crippen MR) is 122 cm³/mol. The number of nitrogens with zero attached hydrogens (tertiary/aromatic N) is 2. The minimum atomic E-state index is -0.518. The second-order valence-corrected chi connectivity index (χ2v) is 8.93. The number of nitrogens with one attached hydrogen (secondary N) is 3. The molecular formula is C22H18ClN5O3S. The minimum absolute atomic E-state index is 0.207. The van der Waals surface area contributed by atoms with Gasteiger partial charge in [-0.25, -0.2) is 0 Å². The van der Waals surface area contributed by atoms with E-state index >= 15 is 0 Å². The molecule has 0 bridgehead atoms. The van der Waals surface area contributed by atoms with E-state index < -0.39 is 6.04 Å². The van der Waals surface area contributed by atoms with Gasteiger partial charge < -0.3 is 16.0 Å². The number of hydrogen-bond donors (Lipinski definition) is 3. The smallest absolute Gasteiger partial charge is 0.261 e. The SMILES string of the molecule is N#Cc1cc(-n2ccccc2=O)ccc1NC(=O)C1CC(NC(=O)c2ccc(Cl)s2)CN1. The van der Waals surface area contributed by atoms with E-state index in [-0.39, 0.29) is 29.0 Å². The van der Waals surface area contributed by atoms with Crippen LogP contribution in [-0.4, -0.2) is 35.0 Å². The van der Waals surface area contributed by atoms with Crippen molar-refractivity contribution in [2.24, 2.45) is 0 Å². The van der Waals surface area contributed by atoms with E-state index in [0.29, 0.717) is 33.6 Å². The van der Waals surface area contributed by atoms with E-state index in [1.807, 2.05) is 0 Å². The molecule has 1 fully saturated rings. The summed E-state index contributed by atoms with van der Waals surface area (Å²) in [6, 6.07) is 14.2. The third-order valence-electron chi connectivity index (χ3n) is 5.06. The lowest BCUT2D eigenvalue weighted by Crippen LogP contribution is -2.35. The first-order chi connectivity index (χ1) is 15.4. The zero-order valence-electron chi connectivity index (χ0n) is 16.7. The molecule has 8 nitrogen and oxygen atoms in total. The third kappa shape index (κ3) is 4.73. The van der Waals surface area contributed by atoms with Crippen LogP contribution in [0.1, 0.15) is 21.7 Å². The molecule has 1 aromatic carbocycles. The number of carbonyl (C=O) groups is 2. The van der Waals surface area contributed by atoms with E-state index in [9.17, 15) is 19.6 Å². The van der Waals surface area contributed by atoms with Crippen molar-refractivity contribution in [1.82, 2.24) is 15.2 Å². The first-order valence-corrected chi connectivity index (χ1v) is 11.0. The first kappa shape index (κ1) is 21.8. The van der Waals surface area contributed by atoms with Crippen LogP contribution in [0, 0.1) is 11.3 Å². The number of benzene rings is 1. The number of rotatable bonds is 5. The fourth-order valence-electron chi connectivity index (χ4n) is 3.48. The van der Waals surface area contributed by atoms with Gasteiger partial charge in [0.15, 0.2) is 0 Å². The molecule has 32 heavy (non-hydrogen) atoms. The number of halogens is 1. The molecule has 3 aromatic rings. The van der Waals surface area contributed by atoms with Crippen LogP contribution >= 0.6 is 22.9 Å². The van der Waals surface area contributed by atoms with Gasteiger partial charge in [-0.3, -0.25) is 19.0 Å². The molecule has 1 aliphatic heterocycles. The monoisotopic (exact) mass is 467 g/mol. The van der Waals surface area contributed by atoms with E-state index in [2.05, 4.69) is 22.0 Å². The van der Waals surface area contributed by atoms with Crippen molar-refractivity contribution in [2.75, 3.05) is 11.9 Å². The van der Waals surface area contributed by atoms with Gasteiger partial charge in [-0.2, -0.15) is 5.26 Å². The summed E-state index contributed by atoms with van der Waals surface area (Å²) in [6.45, 7) is 0.448. The number of aromatic nitrogens is 1. The van der Waals surface area contributed by atoms with E-state index in [0.717, 1.165) is 0 Å². The van der Waals surface area contributed by atoms with Gasteiger partial charge >= 0.3 is 0 Å². The zero-order valence-corrected chi connectivity index (χ0v) is 18.2. The summed E-state index contributed by atoms with van der Waals surface area (Å²) in [5, 5.41) is 18.3. The maximum absolute atomic E-state index is 12.7. The van der Waals surface area contributed by atoms with Crippen molar-refractivity contribution in [3.8, 4) is 11.8 Å². The highest BCUT2D eigenvalue weighted by Gasteiger charge is 2.31. The molecule has 2 aromatic heterocycles. The molecule has 1 aliphatic rings. The standard InChI is InChI=1S/C22H18ClN5O3S/c23-19-7-6-18(32-19)22(31)26-14-10-17(25-12-14)21(30)27-16-5-4-15(9-13(16)11-24)28-8-2-1-3-20(28)29/h1-9,14,17,25H,10,12H2,(H,26,31)(H,27,30). The summed E-state index contributed by atoms with van der Waals surface area (Å²) < 4.78 is 1.95. The number of anilines is 1. The Labute approximate surface area is 192 Å². The van der Waals surface area contributed by atoms with Gasteiger partial charge in [0.2, 0.25) is 5.91 Å². The summed E-state index contributed by atoms with van der Waals surface area (Å²) >= 11 is 7.07. The molecule has 2 amide bonds. The van der Waals surface area contributed by atoms with Crippen molar-refractivity contribution in [3.63, 3.8) is 0 Å². The maximum atomic E-state index is 12.7. The van der Waals surface area contributed by atoms with Crippen LogP contribution < -0.4 is 21.5 Å². The minimum Gasteiger partial charge on any atom is -0.347 e. The molecule has 0 radical (unpaired) electrons. The van der Waals surface area contributed by atoms with Crippen molar-refractivity contribution in [2.45, 2.75) is 18.5 Å². The highest BCUT2D eigenvalue weighted by Crippen LogP contribution is 2.22. The fraction of sp³-hybridized carbons (Fsp3) is 0.182. The van der Waals surface area contributed by atoms with Gasteiger partial charge in [-0.15, -0.1) is 11.3 Å². The number of carbonyl (C=O) groups excluding carboxylic acids is 2. The molecule has 3 heterocycles. The number of hydrogen-bond acceptors (Lipinski definition) is 6. The molecule has 10 heteroatoms. The lowest BCUT2D eigenvalue weighted by Gasteiger charge is -2.14. The highest BCUT2D eigenvalue weighted by atomic mass is 35.5. The Morgan fingerprint density at radius 3 is 2.78 bits per heavy atom. The van der Waals surface area contributed by atoms with Gasteiger partial charge in [-0.05, 0) is 42.8 Å². The molecule has 1 saturated heterocycles. The summed E-state index contributed by atoms with van der Waals surface area (Å²) in [5.74, 6) is -0.532. The normalized spacial score (nSPS) is 17.5. The molecule has 2 unspecified atom stereocenters. The van der Waals surface area contributed by atoms with E-state index in [1.54, 1.807) is 48.7 Å². The molecular weight excluding hydrogens is 450 g/mol. The summed E-state index contributed by atoms with van der Waals surface area (Å²) in [6.07, 6.45) is 2.02. The fourth-order valence-corrected chi connectivity index (χ4v) is 4.43. The number of pyridine rings is 1. The first-order valence-electron chi connectivity index (χ1n) is 9.77. The summed E-state index contributed by atoms with van der Waals surface area (Å²) in [4.78, 5) is 37.6. The number of amides is 2. The van der Waals surface area contributed by atoms with Gasteiger partial charge in [0.05, 0.1) is 32.2 Å². The second kappa shape index (κ2) is 9.36. The Balaban J connectivity index is 1.41. The van der Waals surface area contributed by atoms with Crippen LogP contribution in [0.15, 0.2) is 59.5 Å². The Morgan fingerprint density at radius 2 is 2.06 bits per heavy atom. The van der Waals surface area contributed by atoms with Crippen molar-refractivity contribution < 1.29 is 9.59 Å². The van der Waals surface area contributed by atoms with Crippen molar-refractivity contribution in [3.05, 3.63) is 79.9 Å². The molecule has 0 aliphatic carbocycles. The Morgan fingerprint density at radius 1 is 1.22 bits per heavy atom. The highest BCUT2D eigenvalue weighted by molar-refractivity contribution is 7.18. The number of nitriles is 1. The molecule has 162 valence electrons. The predicted octanol–water partition coefficient (Wildman–Crippen LogP) is 2.52. The zero-order chi connectivity index (χ0) is 22.7. The van der Waals surface area contributed by atoms with Crippen LogP contribution in [0.5, 0.6) is 0 Å². The van der Waals surface area contributed by atoms with E-state index in [4.69, 9.17) is 11.6 Å². The quantitative estimate of drug-likeness (QED) is 0.533. The van der Waals surface area contributed by atoms with Gasteiger partial charge in [0, 0.05) is 24.8 Å². The molecule has 4 rings (SSSR count). The van der Waals surface area contributed by atoms with Gasteiger partial charge in [0.25, 0.3) is 11.5 Å². The second-order valence-electron chi connectivity index (χ2n) is 7.21. The molecule has 3 N–H and O–H groups in total. The summed E-state index contributed by atoms with van der Waals surface area (Å²) in [5.41, 5.74) is 0.901. The molecule has 0 spiro atoms. The Hall–Kier alpha value is -3.45. The third-order valence-corrected chi connectivity index (χ3v) is 6.29. The van der Waals surface area contributed by atoms with Crippen LogP contribution in [0.4, 0.5) is 5.69 Å². The largest absolute Gasteiger partial charge is 0.347 e. The van der Waals surface area contributed by atoms with Gasteiger partial charge in [-0.1, -0.05) is 17.7 Å². The van der Waals surface area contributed by atoms with Gasteiger partial charge in [0.1, 0.15) is 6.07 Å². The average molecular weight is 468 g/mol. The maximum Gasteiger partial charge on any atom is 0.261 e. The molecule has 2 atom stereocenters. The topological polar surface area (TPSA) is 116 Å². The van der Waals surface area contributed by atoms with E-state index in [1.165, 1.54) is 22.0 Å². The van der Waals surface area contributed by atoms with Crippen LogP contribution in [0.2, 0.25) is 4.34 Å². The van der Waals surface area contributed by atoms with Crippen molar-refractivity contribution >= 4 is 40.4 Å². The lowest BCUT2D eigenvalue weighted by molar-refractivity contribution is -0.117. The van der Waals surface area contributed by atoms with Crippen LogP contribution in [-0.2, 0) is 4.79 Å². The average Bonchev–Trinajstić information content (AvgIpc) is 3.43.